The average molecular weight is 378 g/mol. The number of hydrogen-bond acceptors (Lipinski definition) is 5. The Labute approximate surface area is 160 Å². The van der Waals surface area contributed by atoms with Gasteiger partial charge in [0.2, 0.25) is 11.8 Å². The third-order valence-corrected chi connectivity index (χ3v) is 3.37. The van der Waals surface area contributed by atoms with E-state index in [0.717, 1.165) is 5.56 Å². The first-order valence-corrected chi connectivity index (χ1v) is 9.10. The Morgan fingerprint density at radius 1 is 1.00 bits per heavy atom. The van der Waals surface area contributed by atoms with E-state index in [0.29, 0.717) is 18.5 Å². The van der Waals surface area contributed by atoms with E-state index in [1.54, 1.807) is 31.2 Å². The number of carbonyl (C=O) groups is 4. The van der Waals surface area contributed by atoms with Gasteiger partial charge in [-0.2, -0.15) is 0 Å². The number of hydrogen-bond donors (Lipinski definition) is 2. The van der Waals surface area contributed by atoms with Crippen LogP contribution in [0.25, 0.3) is 0 Å². The summed E-state index contributed by atoms with van der Waals surface area (Å²) in [5.74, 6) is -0.922. The molecule has 2 N–H and O–H groups in total. The number of ketones is 1. The number of rotatable bonds is 9. The SMILES string of the molecule is CC.CC(=O)CCCC(=O)N[C@@H](C)C(=O)Nc1ccc(COC(C)=O)cc1. The molecule has 0 aliphatic rings. The predicted molar refractivity (Wildman–Crippen MR) is 104 cm³/mol. The lowest BCUT2D eigenvalue weighted by molar-refractivity contribution is -0.142. The van der Waals surface area contributed by atoms with Crippen LogP contribution in [0.4, 0.5) is 5.69 Å². The van der Waals surface area contributed by atoms with Crippen LogP contribution >= 0.6 is 0 Å². The zero-order valence-electron chi connectivity index (χ0n) is 16.8. The molecule has 7 nitrogen and oxygen atoms in total. The van der Waals surface area contributed by atoms with Crippen molar-refractivity contribution < 1.29 is 23.9 Å². The molecule has 27 heavy (non-hydrogen) atoms. The highest BCUT2D eigenvalue weighted by Gasteiger charge is 2.15. The number of esters is 1. The molecule has 1 rings (SSSR count). The van der Waals surface area contributed by atoms with Crippen LogP contribution in [-0.2, 0) is 30.5 Å². The van der Waals surface area contributed by atoms with E-state index in [2.05, 4.69) is 10.6 Å². The summed E-state index contributed by atoms with van der Waals surface area (Å²) in [6.07, 6.45) is 1.04. The van der Waals surface area contributed by atoms with Gasteiger partial charge in [-0.05, 0) is 38.0 Å². The van der Waals surface area contributed by atoms with Crippen LogP contribution in [0.15, 0.2) is 24.3 Å². The van der Waals surface area contributed by atoms with Gasteiger partial charge >= 0.3 is 5.97 Å². The smallest absolute Gasteiger partial charge is 0.302 e. The standard InChI is InChI=1S/C18H24N2O5.C2H6/c1-12(21)5-4-6-17(23)19-13(2)18(24)20-16-9-7-15(8-10-16)11-25-14(3)22;1-2/h7-10,13H,4-6,11H2,1-3H3,(H,19,23)(H,20,24);1-2H3/t13-;/m0./s1. The summed E-state index contributed by atoms with van der Waals surface area (Å²) < 4.78 is 4.88. The van der Waals surface area contributed by atoms with Crippen LogP contribution in [0, 0.1) is 0 Å². The average Bonchev–Trinajstić information content (AvgIpc) is 2.62. The maximum absolute atomic E-state index is 12.1. The Balaban J connectivity index is 0.00000326. The summed E-state index contributed by atoms with van der Waals surface area (Å²) in [5, 5.41) is 5.30. The monoisotopic (exact) mass is 378 g/mol. The molecule has 7 heteroatoms. The fourth-order valence-electron chi connectivity index (χ4n) is 2.00. The van der Waals surface area contributed by atoms with Crippen molar-refractivity contribution in [1.29, 1.82) is 0 Å². The van der Waals surface area contributed by atoms with E-state index in [9.17, 15) is 19.2 Å². The van der Waals surface area contributed by atoms with Crippen molar-refractivity contribution in [3.63, 3.8) is 0 Å². The molecule has 0 radical (unpaired) electrons. The molecule has 0 saturated heterocycles. The number of anilines is 1. The van der Waals surface area contributed by atoms with Crippen molar-refractivity contribution in [2.45, 2.75) is 66.5 Å². The number of benzene rings is 1. The van der Waals surface area contributed by atoms with Gasteiger partial charge in [-0.3, -0.25) is 14.4 Å². The Hall–Kier alpha value is -2.70. The Bertz CT molecular complexity index is 626. The number of ether oxygens (including phenoxy) is 1. The number of carbonyl (C=O) groups excluding carboxylic acids is 4. The second-order valence-corrected chi connectivity index (χ2v) is 5.81. The molecule has 1 atom stereocenters. The first-order chi connectivity index (χ1) is 12.8. The van der Waals surface area contributed by atoms with Gasteiger partial charge in [0.1, 0.15) is 18.4 Å². The van der Waals surface area contributed by atoms with E-state index in [-0.39, 0.29) is 36.6 Å². The third kappa shape index (κ3) is 11.5. The molecule has 0 fully saturated rings. The van der Waals surface area contributed by atoms with Crippen molar-refractivity contribution in [2.75, 3.05) is 5.32 Å². The van der Waals surface area contributed by atoms with Gasteiger partial charge in [-0.1, -0.05) is 26.0 Å². The largest absolute Gasteiger partial charge is 0.461 e. The van der Waals surface area contributed by atoms with Crippen LogP contribution in [0.5, 0.6) is 0 Å². The van der Waals surface area contributed by atoms with Crippen molar-refractivity contribution in [2.24, 2.45) is 0 Å². The lowest BCUT2D eigenvalue weighted by Gasteiger charge is -2.14. The molecule has 150 valence electrons. The lowest BCUT2D eigenvalue weighted by atomic mass is 10.1. The summed E-state index contributed by atoms with van der Waals surface area (Å²) >= 11 is 0. The molecule has 0 unspecified atom stereocenters. The Morgan fingerprint density at radius 3 is 2.11 bits per heavy atom. The van der Waals surface area contributed by atoms with Gasteiger partial charge in [0.05, 0.1) is 0 Å². The van der Waals surface area contributed by atoms with E-state index in [1.807, 2.05) is 13.8 Å². The number of nitrogens with one attached hydrogen (secondary N) is 2. The summed E-state index contributed by atoms with van der Waals surface area (Å²) in [7, 11) is 0. The molecular formula is C20H30N2O5. The van der Waals surface area contributed by atoms with E-state index in [1.165, 1.54) is 13.8 Å². The van der Waals surface area contributed by atoms with Gasteiger partial charge in [0.25, 0.3) is 0 Å². The predicted octanol–water partition coefficient (Wildman–Crippen LogP) is 2.98. The van der Waals surface area contributed by atoms with Crippen LogP contribution in [0.3, 0.4) is 0 Å². The fourth-order valence-corrected chi connectivity index (χ4v) is 2.00. The molecule has 0 saturated carbocycles. The van der Waals surface area contributed by atoms with Crippen LogP contribution < -0.4 is 10.6 Å². The normalized spacial score (nSPS) is 10.7. The van der Waals surface area contributed by atoms with Crippen LogP contribution in [-0.4, -0.2) is 29.6 Å². The van der Waals surface area contributed by atoms with Gasteiger partial charge < -0.3 is 20.2 Å². The molecule has 1 aromatic rings. The summed E-state index contributed by atoms with van der Waals surface area (Å²) in [4.78, 5) is 45.4. The van der Waals surface area contributed by atoms with E-state index < -0.39 is 6.04 Å². The van der Waals surface area contributed by atoms with Crippen LogP contribution in [0.2, 0.25) is 0 Å². The molecular weight excluding hydrogens is 348 g/mol. The molecule has 2 amide bonds. The number of Topliss-reactive ketones (excluding diaryl/α,β-unsaturated/α-hetero) is 1. The highest BCUT2D eigenvalue weighted by Crippen LogP contribution is 2.11. The maximum atomic E-state index is 12.1. The second-order valence-electron chi connectivity index (χ2n) is 5.81. The van der Waals surface area contributed by atoms with Crippen molar-refractivity contribution in [1.82, 2.24) is 5.32 Å². The van der Waals surface area contributed by atoms with Gasteiger partial charge in [0.15, 0.2) is 0 Å². The summed E-state index contributed by atoms with van der Waals surface area (Å²) in [6, 6.07) is 6.18. The zero-order chi connectivity index (χ0) is 20.8. The topological polar surface area (TPSA) is 102 Å². The second kappa shape index (κ2) is 13.5. The molecule has 0 spiro atoms. The first-order valence-electron chi connectivity index (χ1n) is 9.10. The lowest BCUT2D eigenvalue weighted by Crippen LogP contribution is -2.41. The van der Waals surface area contributed by atoms with E-state index in [4.69, 9.17) is 4.74 Å². The number of amides is 2. The minimum Gasteiger partial charge on any atom is -0.461 e. The van der Waals surface area contributed by atoms with Gasteiger partial charge in [0, 0.05) is 25.5 Å². The molecule has 0 heterocycles. The Morgan fingerprint density at radius 2 is 1.59 bits per heavy atom. The molecule has 0 aliphatic heterocycles. The fraction of sp³-hybridized carbons (Fsp3) is 0.500. The summed E-state index contributed by atoms with van der Waals surface area (Å²) in [5.41, 5.74) is 1.38. The first kappa shape index (κ1) is 24.3. The van der Waals surface area contributed by atoms with Crippen molar-refractivity contribution in [3.05, 3.63) is 29.8 Å². The maximum Gasteiger partial charge on any atom is 0.302 e. The quantitative estimate of drug-likeness (QED) is 0.643. The highest BCUT2D eigenvalue weighted by atomic mass is 16.5. The molecule has 0 aromatic heterocycles. The van der Waals surface area contributed by atoms with Crippen LogP contribution in [0.1, 0.15) is 59.4 Å². The molecule has 1 aromatic carbocycles. The minimum absolute atomic E-state index is 0.0377. The molecule has 0 aliphatic carbocycles. The van der Waals surface area contributed by atoms with Crippen molar-refractivity contribution in [3.8, 4) is 0 Å². The zero-order valence-corrected chi connectivity index (χ0v) is 16.8. The van der Waals surface area contributed by atoms with Crippen molar-refractivity contribution >= 4 is 29.3 Å². The van der Waals surface area contributed by atoms with E-state index >= 15 is 0 Å². The minimum atomic E-state index is -0.689. The molecule has 0 bridgehead atoms. The summed E-state index contributed by atoms with van der Waals surface area (Å²) in [6.45, 7) is 8.58. The van der Waals surface area contributed by atoms with Gasteiger partial charge in [-0.25, -0.2) is 0 Å². The van der Waals surface area contributed by atoms with Gasteiger partial charge in [-0.15, -0.1) is 0 Å². The highest BCUT2D eigenvalue weighted by molar-refractivity contribution is 5.96. The third-order valence-electron chi connectivity index (χ3n) is 3.37. The Kier molecular flexibility index (Phi) is 12.1.